The van der Waals surface area contributed by atoms with Crippen LogP contribution in [0.5, 0.6) is 0 Å². The van der Waals surface area contributed by atoms with Gasteiger partial charge in [0.2, 0.25) is 0 Å². The van der Waals surface area contributed by atoms with E-state index in [0.717, 1.165) is 73.6 Å². The number of alkyl carbamates (subject to hydrolysis) is 1. The van der Waals surface area contributed by atoms with Gasteiger partial charge in [-0.2, -0.15) is 0 Å². The van der Waals surface area contributed by atoms with Gasteiger partial charge in [0.25, 0.3) is 5.91 Å². The molecule has 0 spiro atoms. The normalized spacial score (nSPS) is 21.2. The molecule has 3 fully saturated rings. The summed E-state index contributed by atoms with van der Waals surface area (Å²) in [5, 5.41) is 2.87. The SMILES string of the molecule is C=Cc1cc(-c2ccc(C3CCN(C4CCOCC4)CC3)c(F)c2)sc1C(=O)N1CC[C@H](NC(=O)OC(C)(C)C)C1. The highest BCUT2D eigenvalue weighted by molar-refractivity contribution is 7.17. The van der Waals surface area contributed by atoms with Crippen molar-refractivity contribution in [3.8, 4) is 10.4 Å². The first-order valence-corrected chi connectivity index (χ1v) is 15.6. The molecule has 0 bridgehead atoms. The predicted molar refractivity (Wildman–Crippen MR) is 161 cm³/mol. The minimum absolute atomic E-state index is 0.0991. The van der Waals surface area contributed by atoms with Crippen molar-refractivity contribution >= 4 is 29.4 Å². The summed E-state index contributed by atoms with van der Waals surface area (Å²) >= 11 is 1.36. The second kappa shape index (κ2) is 12.6. The predicted octanol–water partition coefficient (Wildman–Crippen LogP) is 6.29. The van der Waals surface area contributed by atoms with E-state index >= 15 is 4.39 Å². The minimum Gasteiger partial charge on any atom is -0.444 e. The largest absolute Gasteiger partial charge is 0.444 e. The van der Waals surface area contributed by atoms with Gasteiger partial charge in [0.15, 0.2) is 0 Å². The Bertz CT molecular complexity index is 1260. The molecule has 5 rings (SSSR count). The van der Waals surface area contributed by atoms with E-state index < -0.39 is 11.7 Å². The maximum absolute atomic E-state index is 15.5. The van der Waals surface area contributed by atoms with E-state index in [2.05, 4.69) is 16.8 Å². The van der Waals surface area contributed by atoms with Gasteiger partial charge >= 0.3 is 6.09 Å². The molecular weight excluding hydrogens is 541 g/mol. The third kappa shape index (κ3) is 7.19. The van der Waals surface area contributed by atoms with E-state index in [0.29, 0.717) is 30.4 Å². The van der Waals surface area contributed by atoms with Crippen LogP contribution in [0.2, 0.25) is 0 Å². The van der Waals surface area contributed by atoms with Crippen molar-refractivity contribution in [3.63, 3.8) is 0 Å². The molecule has 0 radical (unpaired) electrons. The molecule has 1 aromatic heterocycles. The standard InChI is InChI=1S/C32H42FN3O4S/c1-5-21-19-28(41-29(21)30(37)36-15-10-24(20-36)34-31(38)40-32(2,3)4)23-6-7-26(27(33)18-23)22-8-13-35(14-9-22)25-11-16-39-17-12-25/h5-7,18-19,22,24-25H,1,8-17,20H2,2-4H3,(H,34,38)/t24-/m0/s1. The lowest BCUT2D eigenvalue weighted by molar-refractivity contribution is 0.0250. The molecule has 0 unspecified atom stereocenters. The molecule has 4 heterocycles. The molecule has 1 N–H and O–H groups in total. The number of nitrogens with one attached hydrogen (secondary N) is 1. The Balaban J connectivity index is 1.22. The summed E-state index contributed by atoms with van der Waals surface area (Å²) in [6.07, 6.45) is 5.97. The summed E-state index contributed by atoms with van der Waals surface area (Å²) in [6.45, 7) is 14.0. The second-order valence-corrected chi connectivity index (χ2v) is 13.4. The number of carbonyl (C=O) groups is 2. The van der Waals surface area contributed by atoms with Gasteiger partial charge < -0.3 is 24.6 Å². The van der Waals surface area contributed by atoms with Crippen LogP contribution in [-0.2, 0) is 9.47 Å². The molecule has 1 atom stereocenters. The lowest BCUT2D eigenvalue weighted by atomic mass is 9.87. The number of hydrogen-bond acceptors (Lipinski definition) is 6. The van der Waals surface area contributed by atoms with Gasteiger partial charge in [-0.1, -0.05) is 24.8 Å². The number of halogens is 1. The molecular formula is C32H42FN3O4S. The molecule has 3 aliphatic rings. The molecule has 9 heteroatoms. The lowest BCUT2D eigenvalue weighted by Gasteiger charge is -2.39. The maximum atomic E-state index is 15.5. The fraction of sp³-hybridized carbons (Fsp3) is 0.562. The summed E-state index contributed by atoms with van der Waals surface area (Å²) in [5.74, 6) is -0.0520. The van der Waals surface area contributed by atoms with Gasteiger partial charge in [0, 0.05) is 37.2 Å². The molecule has 3 aliphatic heterocycles. The van der Waals surface area contributed by atoms with Crippen molar-refractivity contribution in [2.75, 3.05) is 39.4 Å². The number of likely N-dealkylation sites (tertiary alicyclic amines) is 2. The Labute approximate surface area is 246 Å². The Morgan fingerprint density at radius 3 is 2.49 bits per heavy atom. The summed E-state index contributed by atoms with van der Waals surface area (Å²) in [7, 11) is 0. The highest BCUT2D eigenvalue weighted by atomic mass is 32.1. The third-order valence-corrected chi connectivity index (χ3v) is 9.52. The van der Waals surface area contributed by atoms with Gasteiger partial charge in [0.1, 0.15) is 11.4 Å². The summed E-state index contributed by atoms with van der Waals surface area (Å²) < 4.78 is 26.3. The molecule has 7 nitrogen and oxygen atoms in total. The number of nitrogens with zero attached hydrogens (tertiary/aromatic N) is 2. The van der Waals surface area contributed by atoms with Crippen molar-refractivity contribution in [2.24, 2.45) is 0 Å². The van der Waals surface area contributed by atoms with Crippen LogP contribution in [0, 0.1) is 5.82 Å². The number of piperidine rings is 1. The second-order valence-electron chi connectivity index (χ2n) is 12.4. The van der Waals surface area contributed by atoms with Crippen LogP contribution in [0.1, 0.15) is 79.6 Å². The molecule has 2 amide bonds. The van der Waals surface area contributed by atoms with Crippen LogP contribution in [0.15, 0.2) is 30.8 Å². The summed E-state index contributed by atoms with van der Waals surface area (Å²) in [4.78, 5) is 31.4. The van der Waals surface area contributed by atoms with Gasteiger partial charge in [-0.25, -0.2) is 9.18 Å². The van der Waals surface area contributed by atoms with Gasteiger partial charge in [-0.15, -0.1) is 11.3 Å². The van der Waals surface area contributed by atoms with E-state index in [1.54, 1.807) is 17.0 Å². The van der Waals surface area contributed by atoms with Crippen molar-refractivity contribution in [1.29, 1.82) is 0 Å². The van der Waals surface area contributed by atoms with Crippen LogP contribution in [-0.4, -0.2) is 78.9 Å². The molecule has 41 heavy (non-hydrogen) atoms. The van der Waals surface area contributed by atoms with Gasteiger partial charge in [-0.05, 0) is 101 Å². The van der Waals surface area contributed by atoms with Crippen molar-refractivity contribution < 1.29 is 23.5 Å². The molecule has 3 saturated heterocycles. The van der Waals surface area contributed by atoms with Crippen LogP contribution >= 0.6 is 11.3 Å². The molecule has 1 aromatic carbocycles. The quantitative estimate of drug-likeness (QED) is 0.433. The first kappa shape index (κ1) is 29.7. The lowest BCUT2D eigenvalue weighted by Crippen LogP contribution is -2.43. The Morgan fingerprint density at radius 2 is 1.83 bits per heavy atom. The first-order valence-electron chi connectivity index (χ1n) is 14.8. The highest BCUT2D eigenvalue weighted by Gasteiger charge is 2.32. The minimum atomic E-state index is -0.579. The highest BCUT2D eigenvalue weighted by Crippen LogP contribution is 2.37. The number of thiophene rings is 1. The average Bonchev–Trinajstić information content (AvgIpc) is 3.60. The topological polar surface area (TPSA) is 71.1 Å². The number of benzene rings is 1. The maximum Gasteiger partial charge on any atom is 0.407 e. The van der Waals surface area contributed by atoms with Crippen LogP contribution in [0.3, 0.4) is 0 Å². The monoisotopic (exact) mass is 583 g/mol. The summed E-state index contributed by atoms with van der Waals surface area (Å²) in [5.41, 5.74) is 1.72. The number of ether oxygens (including phenoxy) is 2. The van der Waals surface area contributed by atoms with E-state index in [9.17, 15) is 9.59 Å². The fourth-order valence-corrected chi connectivity index (χ4v) is 7.31. The van der Waals surface area contributed by atoms with E-state index in [4.69, 9.17) is 9.47 Å². The fourth-order valence-electron chi connectivity index (χ4n) is 6.18. The first-order chi connectivity index (χ1) is 19.6. The van der Waals surface area contributed by atoms with E-state index in [-0.39, 0.29) is 23.7 Å². The van der Waals surface area contributed by atoms with Gasteiger partial charge in [0.05, 0.1) is 10.9 Å². The van der Waals surface area contributed by atoms with E-state index in [1.807, 2.05) is 39.0 Å². The third-order valence-electron chi connectivity index (χ3n) is 8.33. The zero-order valence-corrected chi connectivity index (χ0v) is 25.2. The number of carbonyl (C=O) groups excluding carboxylic acids is 2. The Kier molecular flexibility index (Phi) is 9.16. The van der Waals surface area contributed by atoms with Gasteiger partial charge in [-0.3, -0.25) is 4.79 Å². The van der Waals surface area contributed by atoms with Crippen molar-refractivity contribution in [2.45, 2.75) is 76.5 Å². The Morgan fingerprint density at radius 1 is 1.10 bits per heavy atom. The summed E-state index contributed by atoms with van der Waals surface area (Å²) in [6, 6.07) is 7.88. The number of hydrogen-bond donors (Lipinski definition) is 1. The van der Waals surface area contributed by atoms with E-state index in [1.165, 1.54) is 11.3 Å². The van der Waals surface area contributed by atoms with Crippen molar-refractivity contribution in [3.05, 3.63) is 52.7 Å². The Hall–Kier alpha value is -2.75. The number of rotatable bonds is 6. The van der Waals surface area contributed by atoms with Crippen LogP contribution in [0.4, 0.5) is 9.18 Å². The molecule has 222 valence electrons. The molecule has 0 saturated carbocycles. The molecule has 0 aliphatic carbocycles. The smallest absolute Gasteiger partial charge is 0.407 e. The zero-order chi connectivity index (χ0) is 29.1. The number of amides is 2. The molecule has 2 aromatic rings. The van der Waals surface area contributed by atoms with Crippen LogP contribution in [0.25, 0.3) is 16.5 Å². The van der Waals surface area contributed by atoms with Crippen LogP contribution < -0.4 is 5.32 Å². The van der Waals surface area contributed by atoms with Crippen molar-refractivity contribution in [1.82, 2.24) is 15.1 Å². The average molecular weight is 584 g/mol. The zero-order valence-electron chi connectivity index (χ0n) is 24.4.